The van der Waals surface area contributed by atoms with Crippen LogP contribution in [0.3, 0.4) is 0 Å². The highest BCUT2D eigenvalue weighted by Crippen LogP contribution is 2.14. The molecule has 1 aliphatic rings. The van der Waals surface area contributed by atoms with E-state index < -0.39 is 0 Å². The summed E-state index contributed by atoms with van der Waals surface area (Å²) < 4.78 is 0. The summed E-state index contributed by atoms with van der Waals surface area (Å²) in [7, 11) is 3.91. The van der Waals surface area contributed by atoms with Crippen molar-refractivity contribution in [2.75, 3.05) is 25.5 Å². The Morgan fingerprint density at radius 2 is 2.24 bits per heavy atom. The summed E-state index contributed by atoms with van der Waals surface area (Å²) in [5.41, 5.74) is 1.04. The predicted molar refractivity (Wildman–Crippen MR) is 90.5 cm³/mol. The maximum Gasteiger partial charge on any atom is 0.221 e. The van der Waals surface area contributed by atoms with Crippen LogP contribution in [0.1, 0.15) is 24.8 Å². The standard InChI is InChI=1S/C14H22N4O.2ClH/c1-18(2)14-11(5-3-8-16-14)10-17-13(19)9-12-6-4-7-15-12;;/h3,5,8,12,15H,4,6-7,9-10H2,1-2H3,(H,17,19);2*1H. The number of rotatable bonds is 5. The molecule has 0 aromatic carbocycles. The molecule has 2 rings (SSSR count). The Balaban J connectivity index is 0.00000200. The van der Waals surface area contributed by atoms with Gasteiger partial charge in [-0.3, -0.25) is 4.79 Å². The van der Waals surface area contributed by atoms with E-state index in [0.717, 1.165) is 24.3 Å². The van der Waals surface area contributed by atoms with Crippen LogP contribution in [0.2, 0.25) is 0 Å². The highest BCUT2D eigenvalue weighted by molar-refractivity contribution is 5.85. The van der Waals surface area contributed by atoms with E-state index in [9.17, 15) is 4.79 Å². The number of nitrogens with zero attached hydrogens (tertiary/aromatic N) is 2. The number of aromatic nitrogens is 1. The molecule has 1 unspecified atom stereocenters. The Labute approximate surface area is 138 Å². The number of hydrogen-bond donors (Lipinski definition) is 2. The van der Waals surface area contributed by atoms with Crippen LogP contribution < -0.4 is 15.5 Å². The van der Waals surface area contributed by atoms with Crippen molar-refractivity contribution in [3.63, 3.8) is 0 Å². The molecule has 1 amide bonds. The highest BCUT2D eigenvalue weighted by Gasteiger charge is 2.17. The lowest BCUT2D eigenvalue weighted by Crippen LogP contribution is -2.31. The molecule has 2 heterocycles. The molecule has 1 saturated heterocycles. The van der Waals surface area contributed by atoms with E-state index in [0.29, 0.717) is 19.0 Å². The normalized spacial score (nSPS) is 16.6. The second-order valence-corrected chi connectivity index (χ2v) is 5.15. The van der Waals surface area contributed by atoms with Crippen LogP contribution in [-0.2, 0) is 11.3 Å². The fourth-order valence-electron chi connectivity index (χ4n) is 2.39. The molecular formula is C14H24Cl2N4O. The molecule has 21 heavy (non-hydrogen) atoms. The topological polar surface area (TPSA) is 57.3 Å². The van der Waals surface area contributed by atoms with Crippen molar-refractivity contribution >= 4 is 36.5 Å². The summed E-state index contributed by atoms with van der Waals surface area (Å²) in [4.78, 5) is 18.1. The Morgan fingerprint density at radius 3 is 2.86 bits per heavy atom. The molecule has 1 fully saturated rings. The minimum atomic E-state index is 0. The van der Waals surface area contributed by atoms with E-state index in [4.69, 9.17) is 0 Å². The number of hydrogen-bond acceptors (Lipinski definition) is 4. The molecule has 0 bridgehead atoms. The van der Waals surface area contributed by atoms with Gasteiger partial charge in [0.25, 0.3) is 0 Å². The third kappa shape index (κ3) is 6.08. The maximum absolute atomic E-state index is 11.9. The van der Waals surface area contributed by atoms with Gasteiger partial charge in [0.2, 0.25) is 5.91 Å². The summed E-state index contributed by atoms with van der Waals surface area (Å²) >= 11 is 0. The average molecular weight is 335 g/mol. The fraction of sp³-hybridized carbons (Fsp3) is 0.571. The molecule has 1 aromatic rings. The largest absolute Gasteiger partial charge is 0.362 e. The number of halogens is 2. The lowest BCUT2D eigenvalue weighted by molar-refractivity contribution is -0.121. The number of amides is 1. The van der Waals surface area contributed by atoms with Crippen molar-refractivity contribution in [1.29, 1.82) is 0 Å². The van der Waals surface area contributed by atoms with Crippen LogP contribution in [0.4, 0.5) is 5.82 Å². The first-order valence-corrected chi connectivity index (χ1v) is 6.78. The number of carbonyl (C=O) groups excluding carboxylic acids is 1. The highest BCUT2D eigenvalue weighted by atomic mass is 35.5. The first kappa shape index (κ1) is 20.0. The van der Waals surface area contributed by atoms with Gasteiger partial charge in [0.05, 0.1) is 0 Å². The fourth-order valence-corrected chi connectivity index (χ4v) is 2.39. The lowest BCUT2D eigenvalue weighted by Gasteiger charge is -2.16. The SMILES string of the molecule is CN(C)c1ncccc1CNC(=O)CC1CCCN1.Cl.Cl. The molecule has 120 valence electrons. The minimum Gasteiger partial charge on any atom is -0.362 e. The second kappa shape index (κ2) is 9.82. The van der Waals surface area contributed by atoms with Crippen LogP contribution >= 0.6 is 24.8 Å². The number of pyridine rings is 1. The molecule has 0 radical (unpaired) electrons. The molecule has 2 N–H and O–H groups in total. The van der Waals surface area contributed by atoms with Gasteiger partial charge in [-0.15, -0.1) is 24.8 Å². The van der Waals surface area contributed by atoms with Gasteiger partial charge in [-0.1, -0.05) is 6.07 Å². The molecule has 5 nitrogen and oxygen atoms in total. The van der Waals surface area contributed by atoms with Gasteiger partial charge in [0.1, 0.15) is 5.82 Å². The maximum atomic E-state index is 11.9. The van der Waals surface area contributed by atoms with Crippen LogP contribution in [0, 0.1) is 0 Å². The summed E-state index contributed by atoms with van der Waals surface area (Å²) in [5.74, 6) is 1.01. The van der Waals surface area contributed by atoms with E-state index in [1.54, 1.807) is 6.20 Å². The Bertz CT molecular complexity index is 437. The van der Waals surface area contributed by atoms with Crippen molar-refractivity contribution in [3.8, 4) is 0 Å². The van der Waals surface area contributed by atoms with Crippen molar-refractivity contribution < 1.29 is 4.79 Å². The zero-order valence-electron chi connectivity index (χ0n) is 12.5. The quantitative estimate of drug-likeness (QED) is 0.861. The smallest absolute Gasteiger partial charge is 0.221 e. The van der Waals surface area contributed by atoms with E-state index in [-0.39, 0.29) is 30.7 Å². The Kier molecular flexibility index (Phi) is 9.33. The van der Waals surface area contributed by atoms with Gasteiger partial charge >= 0.3 is 0 Å². The van der Waals surface area contributed by atoms with Gasteiger partial charge in [0, 0.05) is 44.9 Å². The van der Waals surface area contributed by atoms with Gasteiger partial charge < -0.3 is 15.5 Å². The van der Waals surface area contributed by atoms with E-state index in [2.05, 4.69) is 15.6 Å². The van der Waals surface area contributed by atoms with Gasteiger partial charge in [-0.25, -0.2) is 4.98 Å². The van der Waals surface area contributed by atoms with Gasteiger partial charge in [-0.05, 0) is 25.5 Å². The third-order valence-electron chi connectivity index (χ3n) is 3.36. The lowest BCUT2D eigenvalue weighted by atomic mass is 10.1. The predicted octanol–water partition coefficient (Wildman–Crippen LogP) is 1.75. The molecule has 0 spiro atoms. The molecule has 7 heteroatoms. The van der Waals surface area contributed by atoms with Crippen molar-refractivity contribution in [1.82, 2.24) is 15.6 Å². The average Bonchev–Trinajstić information content (AvgIpc) is 2.89. The van der Waals surface area contributed by atoms with E-state index in [1.807, 2.05) is 31.1 Å². The molecule has 1 aromatic heterocycles. The van der Waals surface area contributed by atoms with Crippen molar-refractivity contribution in [3.05, 3.63) is 23.9 Å². The van der Waals surface area contributed by atoms with Crippen LogP contribution in [0.5, 0.6) is 0 Å². The van der Waals surface area contributed by atoms with Crippen molar-refractivity contribution in [2.24, 2.45) is 0 Å². The van der Waals surface area contributed by atoms with Gasteiger partial charge in [0.15, 0.2) is 0 Å². The van der Waals surface area contributed by atoms with Crippen molar-refractivity contribution in [2.45, 2.75) is 31.8 Å². The second-order valence-electron chi connectivity index (χ2n) is 5.15. The van der Waals surface area contributed by atoms with Gasteiger partial charge in [-0.2, -0.15) is 0 Å². The first-order valence-electron chi connectivity index (χ1n) is 6.78. The molecule has 0 aliphatic carbocycles. The Morgan fingerprint density at radius 1 is 1.48 bits per heavy atom. The monoisotopic (exact) mass is 334 g/mol. The van der Waals surface area contributed by atoms with Crippen LogP contribution in [0.15, 0.2) is 18.3 Å². The zero-order chi connectivity index (χ0) is 13.7. The van der Waals surface area contributed by atoms with Crippen LogP contribution in [-0.4, -0.2) is 37.6 Å². The number of nitrogens with one attached hydrogen (secondary N) is 2. The van der Waals surface area contributed by atoms with Crippen LogP contribution in [0.25, 0.3) is 0 Å². The summed E-state index contributed by atoms with van der Waals surface area (Å²) in [6.07, 6.45) is 4.61. The summed E-state index contributed by atoms with van der Waals surface area (Å²) in [6, 6.07) is 4.24. The zero-order valence-corrected chi connectivity index (χ0v) is 14.1. The molecular weight excluding hydrogens is 311 g/mol. The summed E-state index contributed by atoms with van der Waals surface area (Å²) in [6.45, 7) is 1.57. The van der Waals surface area contributed by atoms with E-state index >= 15 is 0 Å². The number of anilines is 1. The minimum absolute atomic E-state index is 0. The molecule has 1 atom stereocenters. The summed E-state index contributed by atoms with van der Waals surface area (Å²) in [5, 5.41) is 6.31. The first-order chi connectivity index (χ1) is 9.16. The third-order valence-corrected chi connectivity index (χ3v) is 3.36. The molecule has 1 aliphatic heterocycles. The number of carbonyl (C=O) groups is 1. The molecule has 0 saturated carbocycles. The Hall–Kier alpha value is -1.04. The van der Waals surface area contributed by atoms with E-state index in [1.165, 1.54) is 6.42 Å².